The predicted molar refractivity (Wildman–Crippen MR) is 96.4 cm³/mol. The third-order valence-corrected chi connectivity index (χ3v) is 4.78. The second-order valence-corrected chi connectivity index (χ2v) is 6.58. The van der Waals surface area contributed by atoms with Crippen molar-refractivity contribution in [2.75, 3.05) is 0 Å². The lowest BCUT2D eigenvalue weighted by molar-refractivity contribution is -0.121. The molecule has 138 valence electrons. The SMILES string of the molecule is CCC(NC(=O)Cc1ccc2c(c1)CCC2)c1ccccc1OC(F)F. The van der Waals surface area contributed by atoms with E-state index in [1.807, 2.05) is 13.0 Å². The van der Waals surface area contributed by atoms with Crippen LogP contribution in [-0.4, -0.2) is 12.5 Å². The van der Waals surface area contributed by atoms with Gasteiger partial charge >= 0.3 is 6.61 Å². The first-order chi connectivity index (χ1) is 12.6. The molecule has 0 radical (unpaired) electrons. The van der Waals surface area contributed by atoms with E-state index in [9.17, 15) is 13.6 Å². The van der Waals surface area contributed by atoms with E-state index in [2.05, 4.69) is 22.2 Å². The number of benzene rings is 2. The molecule has 26 heavy (non-hydrogen) atoms. The third kappa shape index (κ3) is 4.40. The highest BCUT2D eigenvalue weighted by Crippen LogP contribution is 2.29. The Morgan fingerprint density at radius 3 is 2.69 bits per heavy atom. The van der Waals surface area contributed by atoms with Crippen LogP contribution in [0.4, 0.5) is 8.78 Å². The summed E-state index contributed by atoms with van der Waals surface area (Å²) in [6.45, 7) is -0.991. The van der Waals surface area contributed by atoms with E-state index in [-0.39, 0.29) is 24.1 Å². The first-order valence-electron chi connectivity index (χ1n) is 9.00. The minimum absolute atomic E-state index is 0.104. The van der Waals surface area contributed by atoms with Gasteiger partial charge < -0.3 is 10.1 Å². The fourth-order valence-corrected chi connectivity index (χ4v) is 3.54. The Morgan fingerprint density at radius 1 is 1.15 bits per heavy atom. The Kier molecular flexibility index (Phi) is 5.86. The molecule has 1 N–H and O–H groups in total. The highest BCUT2D eigenvalue weighted by atomic mass is 19.3. The number of fused-ring (bicyclic) bond motifs is 1. The Balaban J connectivity index is 1.69. The van der Waals surface area contributed by atoms with Crippen LogP contribution in [0.2, 0.25) is 0 Å². The van der Waals surface area contributed by atoms with Crippen molar-refractivity contribution in [3.05, 3.63) is 64.7 Å². The number of rotatable bonds is 7. The van der Waals surface area contributed by atoms with Crippen molar-refractivity contribution in [1.29, 1.82) is 0 Å². The molecule has 0 aromatic heterocycles. The number of carbonyl (C=O) groups excluding carboxylic acids is 1. The van der Waals surface area contributed by atoms with Crippen molar-refractivity contribution in [2.24, 2.45) is 0 Å². The molecule has 1 unspecified atom stereocenters. The van der Waals surface area contributed by atoms with Gasteiger partial charge in [0.15, 0.2) is 0 Å². The van der Waals surface area contributed by atoms with Crippen LogP contribution in [-0.2, 0) is 24.1 Å². The molecule has 0 aliphatic heterocycles. The number of hydrogen-bond donors (Lipinski definition) is 1. The average molecular weight is 359 g/mol. The summed E-state index contributed by atoms with van der Waals surface area (Å²) >= 11 is 0. The van der Waals surface area contributed by atoms with Gasteiger partial charge in [0.2, 0.25) is 5.91 Å². The van der Waals surface area contributed by atoms with E-state index in [4.69, 9.17) is 0 Å². The summed E-state index contributed by atoms with van der Waals surface area (Å²) < 4.78 is 29.8. The first kappa shape index (κ1) is 18.4. The van der Waals surface area contributed by atoms with Crippen molar-refractivity contribution in [3.63, 3.8) is 0 Å². The number of nitrogens with one attached hydrogen (secondary N) is 1. The quantitative estimate of drug-likeness (QED) is 0.785. The summed E-state index contributed by atoms with van der Waals surface area (Å²) in [5, 5.41) is 2.95. The maximum atomic E-state index is 12.6. The number of para-hydroxylation sites is 1. The lowest BCUT2D eigenvalue weighted by Crippen LogP contribution is -2.30. The molecule has 0 bridgehead atoms. The molecule has 1 aliphatic carbocycles. The number of aryl methyl sites for hydroxylation is 2. The van der Waals surface area contributed by atoms with Crippen LogP contribution in [0.15, 0.2) is 42.5 Å². The van der Waals surface area contributed by atoms with Crippen LogP contribution in [0.5, 0.6) is 5.75 Å². The standard InChI is InChI=1S/C21H23F2NO2/c1-2-18(17-8-3-4-9-19(17)26-21(22)23)24-20(25)13-14-10-11-15-6-5-7-16(15)12-14/h3-4,8-12,18,21H,2,5-7,13H2,1H3,(H,24,25). The number of amides is 1. The molecule has 0 heterocycles. The van der Waals surface area contributed by atoms with Gasteiger partial charge in [-0.1, -0.05) is 43.3 Å². The maximum Gasteiger partial charge on any atom is 0.387 e. The van der Waals surface area contributed by atoms with E-state index < -0.39 is 6.61 Å². The van der Waals surface area contributed by atoms with Crippen LogP contribution < -0.4 is 10.1 Å². The summed E-state index contributed by atoms with van der Waals surface area (Å²) in [5.74, 6) is -0.0196. The van der Waals surface area contributed by atoms with E-state index in [0.717, 1.165) is 18.4 Å². The minimum Gasteiger partial charge on any atom is -0.434 e. The molecule has 3 nitrogen and oxygen atoms in total. The zero-order valence-corrected chi connectivity index (χ0v) is 14.8. The lowest BCUT2D eigenvalue weighted by atomic mass is 10.0. The molecule has 1 aliphatic rings. The molecule has 2 aromatic rings. The van der Waals surface area contributed by atoms with Crippen LogP contribution in [0.1, 0.15) is 48.1 Å². The zero-order valence-electron chi connectivity index (χ0n) is 14.8. The second kappa shape index (κ2) is 8.30. The number of hydrogen-bond acceptors (Lipinski definition) is 2. The molecule has 2 aromatic carbocycles. The Bertz CT molecular complexity index is 776. The van der Waals surface area contributed by atoms with E-state index >= 15 is 0 Å². The van der Waals surface area contributed by atoms with Crippen LogP contribution in [0.3, 0.4) is 0 Å². The van der Waals surface area contributed by atoms with Crippen molar-refractivity contribution in [2.45, 2.75) is 51.7 Å². The molecule has 3 rings (SSSR count). The molecule has 0 saturated heterocycles. The maximum absolute atomic E-state index is 12.6. The molecule has 0 fully saturated rings. The highest BCUT2D eigenvalue weighted by Gasteiger charge is 2.19. The van der Waals surface area contributed by atoms with Gasteiger partial charge in [-0.2, -0.15) is 8.78 Å². The zero-order chi connectivity index (χ0) is 18.5. The van der Waals surface area contributed by atoms with Gasteiger partial charge in [-0.05, 0) is 48.4 Å². The molecule has 0 spiro atoms. The summed E-state index contributed by atoms with van der Waals surface area (Å²) in [5.41, 5.74) is 4.25. The molecule has 0 saturated carbocycles. The number of alkyl halides is 2. The van der Waals surface area contributed by atoms with Gasteiger partial charge in [0.05, 0.1) is 12.5 Å². The van der Waals surface area contributed by atoms with Gasteiger partial charge in [0.1, 0.15) is 5.75 Å². The van der Waals surface area contributed by atoms with Gasteiger partial charge in [0.25, 0.3) is 0 Å². The van der Waals surface area contributed by atoms with Crippen molar-refractivity contribution < 1.29 is 18.3 Å². The van der Waals surface area contributed by atoms with Gasteiger partial charge in [-0.3, -0.25) is 4.79 Å². The fourth-order valence-electron chi connectivity index (χ4n) is 3.54. The molecule has 1 atom stereocenters. The van der Waals surface area contributed by atoms with Crippen LogP contribution >= 0.6 is 0 Å². The fraction of sp³-hybridized carbons (Fsp3) is 0.381. The lowest BCUT2D eigenvalue weighted by Gasteiger charge is -2.20. The topological polar surface area (TPSA) is 38.3 Å². The van der Waals surface area contributed by atoms with Gasteiger partial charge in [-0.15, -0.1) is 0 Å². The smallest absolute Gasteiger partial charge is 0.387 e. The average Bonchev–Trinajstić information content (AvgIpc) is 3.07. The molecule has 1 amide bonds. The summed E-state index contributed by atoms with van der Waals surface area (Å²) in [6, 6.07) is 12.4. The van der Waals surface area contributed by atoms with Crippen LogP contribution in [0, 0.1) is 0 Å². The van der Waals surface area contributed by atoms with E-state index in [1.54, 1.807) is 18.2 Å². The summed E-state index contributed by atoms with van der Waals surface area (Å²) in [7, 11) is 0. The molecular weight excluding hydrogens is 336 g/mol. The Hall–Kier alpha value is -2.43. The van der Waals surface area contributed by atoms with Gasteiger partial charge in [-0.25, -0.2) is 0 Å². The van der Waals surface area contributed by atoms with Crippen LogP contribution in [0.25, 0.3) is 0 Å². The van der Waals surface area contributed by atoms with E-state index in [1.165, 1.54) is 23.6 Å². The normalized spacial score (nSPS) is 14.2. The number of ether oxygens (including phenoxy) is 1. The predicted octanol–water partition coefficient (Wildman–Crippen LogP) is 4.59. The largest absolute Gasteiger partial charge is 0.434 e. The number of carbonyl (C=O) groups is 1. The van der Waals surface area contributed by atoms with Crippen molar-refractivity contribution >= 4 is 5.91 Å². The summed E-state index contributed by atoms with van der Waals surface area (Å²) in [4.78, 5) is 12.5. The Morgan fingerprint density at radius 2 is 1.92 bits per heavy atom. The highest BCUT2D eigenvalue weighted by molar-refractivity contribution is 5.79. The second-order valence-electron chi connectivity index (χ2n) is 6.58. The van der Waals surface area contributed by atoms with E-state index in [0.29, 0.717) is 12.0 Å². The first-order valence-corrected chi connectivity index (χ1v) is 9.00. The summed E-state index contributed by atoms with van der Waals surface area (Å²) in [6.07, 6.45) is 4.21. The molecule has 5 heteroatoms. The number of halogens is 2. The van der Waals surface area contributed by atoms with Gasteiger partial charge in [0, 0.05) is 5.56 Å². The third-order valence-electron chi connectivity index (χ3n) is 4.78. The Labute approximate surface area is 152 Å². The monoisotopic (exact) mass is 359 g/mol. The van der Waals surface area contributed by atoms with Crippen molar-refractivity contribution in [1.82, 2.24) is 5.32 Å². The molecular formula is C21H23F2NO2. The van der Waals surface area contributed by atoms with Crippen molar-refractivity contribution in [3.8, 4) is 5.75 Å². The minimum atomic E-state index is -2.89.